The monoisotopic (exact) mass is 124 g/mol. The Labute approximate surface area is 55.8 Å². The number of nitrogens with zero attached hydrogens (tertiary/aromatic N) is 1. The van der Waals surface area contributed by atoms with Gasteiger partial charge in [0, 0.05) is 7.05 Å². The molecule has 0 aromatic carbocycles. The Kier molecular flexibility index (Phi) is 3.44. The second kappa shape index (κ2) is 3.89. The van der Waals surface area contributed by atoms with Gasteiger partial charge in [0.1, 0.15) is 0 Å². The number of hydrogen-bond acceptors (Lipinski definition) is 2. The van der Waals surface area contributed by atoms with E-state index < -0.39 is 0 Å². The van der Waals surface area contributed by atoms with Crippen LogP contribution in [-0.2, 0) is 0 Å². The summed E-state index contributed by atoms with van der Waals surface area (Å²) < 4.78 is 0. The molecule has 0 aliphatic rings. The largest absolute Gasteiger partial charge is 0.405 e. The van der Waals surface area contributed by atoms with E-state index in [4.69, 9.17) is 5.73 Å². The van der Waals surface area contributed by atoms with Crippen LogP contribution < -0.4 is 5.73 Å². The number of rotatable bonds is 2. The van der Waals surface area contributed by atoms with Crippen LogP contribution in [0, 0.1) is 0 Å². The normalized spacial score (nSPS) is 12.4. The summed E-state index contributed by atoms with van der Waals surface area (Å²) in [5.41, 5.74) is 6.92. The van der Waals surface area contributed by atoms with E-state index in [0.29, 0.717) is 0 Å². The highest BCUT2D eigenvalue weighted by atomic mass is 14.7. The van der Waals surface area contributed by atoms with Crippen LogP contribution in [0.25, 0.3) is 0 Å². The molecule has 0 radical (unpaired) electrons. The lowest BCUT2D eigenvalue weighted by molar-refractivity contribution is 1.42. The Balaban J connectivity index is 4.19. The molecule has 0 atom stereocenters. The van der Waals surface area contributed by atoms with Gasteiger partial charge in [-0.05, 0) is 24.8 Å². The summed E-state index contributed by atoms with van der Waals surface area (Å²) in [4.78, 5) is 3.93. The predicted molar refractivity (Wildman–Crippen MR) is 41.5 cm³/mol. The van der Waals surface area contributed by atoms with Crippen molar-refractivity contribution in [1.82, 2.24) is 0 Å². The maximum Gasteiger partial charge on any atom is 0.0608 e. The van der Waals surface area contributed by atoms with Gasteiger partial charge in [-0.2, -0.15) is 0 Å². The minimum atomic E-state index is 0.845. The molecule has 0 aliphatic heterocycles. The molecular formula is C7H12N2. The van der Waals surface area contributed by atoms with E-state index in [0.717, 1.165) is 11.3 Å². The van der Waals surface area contributed by atoms with Crippen molar-refractivity contribution in [2.75, 3.05) is 7.05 Å². The number of hydrogen-bond donors (Lipinski definition) is 1. The zero-order valence-corrected chi connectivity index (χ0v) is 5.89. The Bertz CT molecular complexity index is 154. The molecule has 0 aromatic rings. The Morgan fingerprint density at radius 3 is 2.33 bits per heavy atom. The smallest absolute Gasteiger partial charge is 0.0608 e. The Hall–Kier alpha value is -1.05. The standard InChI is InChI=1S/C7H12N2/c1-6(2)7(9-3)4-5-8/h4-5H,1,8H2,2-3H3/b5-4-,9-7-. The highest BCUT2D eigenvalue weighted by molar-refractivity contribution is 6.07. The summed E-state index contributed by atoms with van der Waals surface area (Å²) in [6.45, 7) is 5.60. The second-order valence-corrected chi connectivity index (χ2v) is 1.75. The Morgan fingerprint density at radius 2 is 2.22 bits per heavy atom. The molecular weight excluding hydrogens is 112 g/mol. The fourth-order valence-electron chi connectivity index (χ4n) is 0.499. The fourth-order valence-corrected chi connectivity index (χ4v) is 0.499. The van der Waals surface area contributed by atoms with Crippen molar-refractivity contribution < 1.29 is 0 Å². The molecule has 0 heterocycles. The molecule has 2 heteroatoms. The van der Waals surface area contributed by atoms with Crippen molar-refractivity contribution >= 4 is 5.71 Å². The van der Waals surface area contributed by atoms with Gasteiger partial charge in [-0.3, -0.25) is 4.99 Å². The van der Waals surface area contributed by atoms with E-state index >= 15 is 0 Å². The van der Waals surface area contributed by atoms with Crippen molar-refractivity contribution in [2.24, 2.45) is 10.7 Å². The lowest BCUT2D eigenvalue weighted by Crippen LogP contribution is -1.94. The van der Waals surface area contributed by atoms with Gasteiger partial charge < -0.3 is 5.73 Å². The van der Waals surface area contributed by atoms with Crippen LogP contribution in [0.5, 0.6) is 0 Å². The average molecular weight is 124 g/mol. The zero-order valence-electron chi connectivity index (χ0n) is 5.89. The van der Waals surface area contributed by atoms with Crippen molar-refractivity contribution in [2.45, 2.75) is 6.92 Å². The number of nitrogens with two attached hydrogens (primary N) is 1. The average Bonchev–Trinajstić information content (AvgIpc) is 1.82. The molecule has 2 nitrogen and oxygen atoms in total. The third-order valence-corrected chi connectivity index (χ3v) is 0.932. The van der Waals surface area contributed by atoms with E-state index in [1.54, 1.807) is 13.1 Å². The lowest BCUT2D eigenvalue weighted by Gasteiger charge is -1.94. The van der Waals surface area contributed by atoms with Crippen LogP contribution in [0.15, 0.2) is 29.4 Å². The number of aliphatic imine (C=N–C) groups is 1. The van der Waals surface area contributed by atoms with Crippen molar-refractivity contribution in [3.05, 3.63) is 24.4 Å². The molecule has 50 valence electrons. The maximum atomic E-state index is 5.14. The second-order valence-electron chi connectivity index (χ2n) is 1.75. The predicted octanol–water partition coefficient (Wildman–Crippen LogP) is 1.11. The van der Waals surface area contributed by atoms with Gasteiger partial charge in [0.2, 0.25) is 0 Å². The molecule has 0 rings (SSSR count). The van der Waals surface area contributed by atoms with Gasteiger partial charge in [0.05, 0.1) is 5.71 Å². The molecule has 0 saturated carbocycles. The topological polar surface area (TPSA) is 38.4 Å². The van der Waals surface area contributed by atoms with Crippen LogP contribution in [0.4, 0.5) is 0 Å². The summed E-state index contributed by atoms with van der Waals surface area (Å²) in [6, 6.07) is 0. The minimum absolute atomic E-state index is 0.845. The summed E-state index contributed by atoms with van der Waals surface area (Å²) >= 11 is 0. The van der Waals surface area contributed by atoms with Gasteiger partial charge in [-0.1, -0.05) is 6.58 Å². The highest BCUT2D eigenvalue weighted by Crippen LogP contribution is 1.92. The highest BCUT2D eigenvalue weighted by Gasteiger charge is 1.89. The number of allylic oxidation sites excluding steroid dienone is 2. The third-order valence-electron chi connectivity index (χ3n) is 0.932. The van der Waals surface area contributed by atoms with E-state index in [1.165, 1.54) is 6.20 Å². The van der Waals surface area contributed by atoms with E-state index in [9.17, 15) is 0 Å². The molecule has 0 aromatic heterocycles. The van der Waals surface area contributed by atoms with Crippen LogP contribution >= 0.6 is 0 Å². The molecule has 0 saturated heterocycles. The summed E-state index contributed by atoms with van der Waals surface area (Å²) in [6.07, 6.45) is 3.18. The first kappa shape index (κ1) is 7.95. The van der Waals surface area contributed by atoms with Gasteiger partial charge in [-0.15, -0.1) is 0 Å². The molecule has 2 N–H and O–H groups in total. The first-order chi connectivity index (χ1) is 4.22. The van der Waals surface area contributed by atoms with Gasteiger partial charge >= 0.3 is 0 Å². The summed E-state index contributed by atoms with van der Waals surface area (Å²) in [5.74, 6) is 0. The maximum absolute atomic E-state index is 5.14. The van der Waals surface area contributed by atoms with E-state index in [-0.39, 0.29) is 0 Å². The van der Waals surface area contributed by atoms with Crippen molar-refractivity contribution in [1.29, 1.82) is 0 Å². The third kappa shape index (κ3) is 2.69. The van der Waals surface area contributed by atoms with Crippen LogP contribution in [0.3, 0.4) is 0 Å². The zero-order chi connectivity index (χ0) is 7.28. The molecule has 0 amide bonds. The first-order valence-electron chi connectivity index (χ1n) is 2.73. The molecule has 0 bridgehead atoms. The van der Waals surface area contributed by atoms with Gasteiger partial charge in [0.15, 0.2) is 0 Å². The van der Waals surface area contributed by atoms with E-state index in [2.05, 4.69) is 11.6 Å². The molecule has 9 heavy (non-hydrogen) atoms. The lowest BCUT2D eigenvalue weighted by atomic mass is 10.2. The summed E-state index contributed by atoms with van der Waals surface area (Å²) in [7, 11) is 1.71. The Morgan fingerprint density at radius 1 is 1.67 bits per heavy atom. The SMILES string of the molecule is C=C(C)C(/C=C\N)=N\C. The summed E-state index contributed by atoms with van der Waals surface area (Å²) in [5, 5.41) is 0. The molecule has 0 unspecified atom stereocenters. The fraction of sp³-hybridized carbons (Fsp3) is 0.286. The van der Waals surface area contributed by atoms with Gasteiger partial charge in [0.25, 0.3) is 0 Å². The molecule has 0 spiro atoms. The van der Waals surface area contributed by atoms with Gasteiger partial charge in [-0.25, -0.2) is 0 Å². The molecule has 0 fully saturated rings. The van der Waals surface area contributed by atoms with Crippen molar-refractivity contribution in [3.63, 3.8) is 0 Å². The minimum Gasteiger partial charge on any atom is -0.405 e. The van der Waals surface area contributed by atoms with Crippen LogP contribution in [0.2, 0.25) is 0 Å². The van der Waals surface area contributed by atoms with Crippen LogP contribution in [-0.4, -0.2) is 12.8 Å². The van der Waals surface area contributed by atoms with Crippen LogP contribution in [0.1, 0.15) is 6.92 Å². The van der Waals surface area contributed by atoms with E-state index in [1.807, 2.05) is 6.92 Å². The quantitative estimate of drug-likeness (QED) is 0.550. The first-order valence-corrected chi connectivity index (χ1v) is 2.73. The van der Waals surface area contributed by atoms with Crippen molar-refractivity contribution in [3.8, 4) is 0 Å². The molecule has 0 aliphatic carbocycles.